The number of carbonyl (C=O) groups is 2. The van der Waals surface area contributed by atoms with Gasteiger partial charge in [0, 0.05) is 47.7 Å². The van der Waals surface area contributed by atoms with Crippen molar-refractivity contribution in [1.82, 2.24) is 10.3 Å². The number of rotatable bonds is 7. The molecule has 1 atom stereocenters. The van der Waals surface area contributed by atoms with Crippen LogP contribution in [0.4, 0.5) is 5.69 Å². The maximum absolute atomic E-state index is 12.3. The van der Waals surface area contributed by atoms with Crippen LogP contribution in [0.3, 0.4) is 0 Å². The Kier molecular flexibility index (Phi) is 7.17. The molecule has 30 heavy (non-hydrogen) atoms. The third kappa shape index (κ3) is 5.89. The highest BCUT2D eigenvalue weighted by molar-refractivity contribution is 6.31. The highest BCUT2D eigenvalue weighted by atomic mass is 35.5. The Labute approximate surface area is 180 Å². The van der Waals surface area contributed by atoms with Gasteiger partial charge in [0.2, 0.25) is 5.91 Å². The van der Waals surface area contributed by atoms with Gasteiger partial charge in [-0.15, -0.1) is 0 Å². The molecule has 7 heteroatoms. The first-order chi connectivity index (χ1) is 14.4. The van der Waals surface area contributed by atoms with Crippen molar-refractivity contribution in [2.45, 2.75) is 25.9 Å². The number of pyridine rings is 1. The highest BCUT2D eigenvalue weighted by Crippen LogP contribution is 2.18. The van der Waals surface area contributed by atoms with Crippen molar-refractivity contribution in [3.05, 3.63) is 94.3 Å². The van der Waals surface area contributed by atoms with E-state index in [1.165, 1.54) is 0 Å². The van der Waals surface area contributed by atoms with E-state index < -0.39 is 6.04 Å². The molecule has 1 unspecified atom stereocenters. The first-order valence-corrected chi connectivity index (χ1v) is 9.89. The summed E-state index contributed by atoms with van der Waals surface area (Å²) in [5.41, 5.74) is 10.0. The number of carbonyl (C=O) groups excluding carboxylic acids is 2. The molecule has 0 saturated heterocycles. The molecule has 0 spiro atoms. The Morgan fingerprint density at radius 3 is 2.43 bits per heavy atom. The van der Waals surface area contributed by atoms with E-state index in [0.29, 0.717) is 22.8 Å². The van der Waals surface area contributed by atoms with Crippen LogP contribution in [0.25, 0.3) is 0 Å². The normalized spacial score (nSPS) is 11.6. The monoisotopic (exact) mass is 422 g/mol. The summed E-state index contributed by atoms with van der Waals surface area (Å²) in [7, 11) is 0. The van der Waals surface area contributed by atoms with Crippen LogP contribution in [0.1, 0.15) is 39.5 Å². The SMILES string of the molecule is Cc1ccc(CNC(=O)CC(N)c2ccc(C(=O)Nc3ccncc3)cc2)cc1Cl. The number of anilines is 1. The Morgan fingerprint density at radius 2 is 1.77 bits per heavy atom. The molecule has 0 aliphatic rings. The second kappa shape index (κ2) is 10.0. The zero-order chi connectivity index (χ0) is 21.5. The summed E-state index contributed by atoms with van der Waals surface area (Å²) in [6.07, 6.45) is 3.36. The van der Waals surface area contributed by atoms with Crippen LogP contribution in [-0.2, 0) is 11.3 Å². The van der Waals surface area contributed by atoms with Gasteiger partial charge in [-0.3, -0.25) is 14.6 Å². The predicted octanol–water partition coefficient (Wildman–Crippen LogP) is 4.00. The van der Waals surface area contributed by atoms with Gasteiger partial charge in [-0.25, -0.2) is 0 Å². The van der Waals surface area contributed by atoms with Gasteiger partial charge < -0.3 is 16.4 Å². The first-order valence-electron chi connectivity index (χ1n) is 9.51. The van der Waals surface area contributed by atoms with Gasteiger partial charge in [0.15, 0.2) is 0 Å². The van der Waals surface area contributed by atoms with Gasteiger partial charge in [0.1, 0.15) is 0 Å². The fourth-order valence-electron chi connectivity index (χ4n) is 2.86. The van der Waals surface area contributed by atoms with Gasteiger partial charge >= 0.3 is 0 Å². The minimum atomic E-state index is -0.469. The van der Waals surface area contributed by atoms with Gasteiger partial charge in [-0.2, -0.15) is 0 Å². The number of hydrogen-bond donors (Lipinski definition) is 3. The number of halogens is 1. The number of hydrogen-bond acceptors (Lipinski definition) is 4. The van der Waals surface area contributed by atoms with Crippen molar-refractivity contribution in [3.63, 3.8) is 0 Å². The first kappa shape index (κ1) is 21.5. The quantitative estimate of drug-likeness (QED) is 0.536. The summed E-state index contributed by atoms with van der Waals surface area (Å²) in [6.45, 7) is 2.32. The zero-order valence-electron chi connectivity index (χ0n) is 16.6. The predicted molar refractivity (Wildman–Crippen MR) is 118 cm³/mol. The lowest BCUT2D eigenvalue weighted by Crippen LogP contribution is -2.27. The fraction of sp³-hybridized carbons (Fsp3) is 0.174. The van der Waals surface area contributed by atoms with Crippen LogP contribution >= 0.6 is 11.6 Å². The molecule has 3 aromatic rings. The van der Waals surface area contributed by atoms with E-state index in [1.807, 2.05) is 25.1 Å². The lowest BCUT2D eigenvalue weighted by molar-refractivity contribution is -0.121. The molecule has 2 amide bonds. The topological polar surface area (TPSA) is 97.1 Å². The smallest absolute Gasteiger partial charge is 0.255 e. The maximum atomic E-state index is 12.3. The van der Waals surface area contributed by atoms with Crippen molar-refractivity contribution in [2.24, 2.45) is 5.73 Å². The molecule has 2 aromatic carbocycles. The van der Waals surface area contributed by atoms with Crippen LogP contribution in [-0.4, -0.2) is 16.8 Å². The Bertz CT molecular complexity index is 1020. The Balaban J connectivity index is 1.52. The summed E-state index contributed by atoms with van der Waals surface area (Å²) in [5.74, 6) is -0.380. The molecule has 4 N–H and O–H groups in total. The average Bonchev–Trinajstić information content (AvgIpc) is 2.75. The van der Waals surface area contributed by atoms with E-state index in [9.17, 15) is 9.59 Å². The number of nitrogens with one attached hydrogen (secondary N) is 2. The molecule has 154 valence electrons. The van der Waals surface area contributed by atoms with E-state index in [2.05, 4.69) is 15.6 Å². The van der Waals surface area contributed by atoms with E-state index in [-0.39, 0.29) is 18.2 Å². The van der Waals surface area contributed by atoms with E-state index in [4.69, 9.17) is 17.3 Å². The molecule has 0 saturated carbocycles. The van der Waals surface area contributed by atoms with Crippen LogP contribution in [0.15, 0.2) is 67.0 Å². The molecular formula is C23H23ClN4O2. The standard InChI is InChI=1S/C23H23ClN4O2/c1-15-2-3-16(12-20(15)24)14-27-22(29)13-21(25)17-4-6-18(7-5-17)23(30)28-19-8-10-26-11-9-19/h2-12,21H,13-14,25H2,1H3,(H,27,29)(H,26,28,30). The van der Waals surface area contributed by atoms with Crippen molar-refractivity contribution in [1.29, 1.82) is 0 Å². The highest BCUT2D eigenvalue weighted by Gasteiger charge is 2.13. The average molecular weight is 423 g/mol. The number of aromatic nitrogens is 1. The number of benzene rings is 2. The van der Waals surface area contributed by atoms with Gasteiger partial charge in [-0.05, 0) is 53.9 Å². The molecule has 3 rings (SSSR count). The van der Waals surface area contributed by atoms with E-state index in [0.717, 1.165) is 16.7 Å². The van der Waals surface area contributed by atoms with E-state index >= 15 is 0 Å². The Hall–Kier alpha value is -3.22. The van der Waals surface area contributed by atoms with E-state index in [1.54, 1.807) is 48.8 Å². The molecule has 1 heterocycles. The molecular weight excluding hydrogens is 400 g/mol. The lowest BCUT2D eigenvalue weighted by atomic mass is 10.0. The van der Waals surface area contributed by atoms with Crippen LogP contribution < -0.4 is 16.4 Å². The van der Waals surface area contributed by atoms with Gasteiger partial charge in [0.25, 0.3) is 5.91 Å². The van der Waals surface area contributed by atoms with Gasteiger partial charge in [-0.1, -0.05) is 35.9 Å². The number of nitrogens with zero attached hydrogens (tertiary/aromatic N) is 1. The van der Waals surface area contributed by atoms with Gasteiger partial charge in [0.05, 0.1) is 0 Å². The molecule has 6 nitrogen and oxygen atoms in total. The fourth-order valence-corrected chi connectivity index (χ4v) is 3.06. The lowest BCUT2D eigenvalue weighted by Gasteiger charge is -2.13. The summed E-state index contributed by atoms with van der Waals surface area (Å²) >= 11 is 6.11. The minimum absolute atomic E-state index is 0.141. The maximum Gasteiger partial charge on any atom is 0.255 e. The largest absolute Gasteiger partial charge is 0.352 e. The van der Waals surface area contributed by atoms with Crippen molar-refractivity contribution in [2.75, 3.05) is 5.32 Å². The molecule has 1 aromatic heterocycles. The van der Waals surface area contributed by atoms with Crippen LogP contribution in [0.5, 0.6) is 0 Å². The second-order valence-electron chi connectivity index (χ2n) is 6.98. The van der Waals surface area contributed by atoms with Crippen molar-refractivity contribution < 1.29 is 9.59 Å². The van der Waals surface area contributed by atoms with Crippen molar-refractivity contribution >= 4 is 29.1 Å². The van der Waals surface area contributed by atoms with Crippen molar-refractivity contribution in [3.8, 4) is 0 Å². The Morgan fingerprint density at radius 1 is 1.07 bits per heavy atom. The third-order valence-corrected chi connectivity index (χ3v) is 5.08. The molecule has 0 aliphatic heterocycles. The molecule has 0 bridgehead atoms. The number of amides is 2. The molecule has 0 aliphatic carbocycles. The number of aryl methyl sites for hydroxylation is 1. The van der Waals surface area contributed by atoms with Crippen LogP contribution in [0, 0.1) is 6.92 Å². The summed E-state index contributed by atoms with van der Waals surface area (Å²) in [5, 5.41) is 6.32. The number of nitrogens with two attached hydrogens (primary N) is 1. The molecule has 0 radical (unpaired) electrons. The third-order valence-electron chi connectivity index (χ3n) is 4.67. The minimum Gasteiger partial charge on any atom is -0.352 e. The summed E-state index contributed by atoms with van der Waals surface area (Å²) < 4.78 is 0. The molecule has 0 fully saturated rings. The summed E-state index contributed by atoms with van der Waals surface area (Å²) in [6, 6.07) is 15.6. The van der Waals surface area contributed by atoms with Crippen LogP contribution in [0.2, 0.25) is 5.02 Å². The zero-order valence-corrected chi connectivity index (χ0v) is 17.3. The second-order valence-corrected chi connectivity index (χ2v) is 7.39. The summed E-state index contributed by atoms with van der Waals surface area (Å²) in [4.78, 5) is 28.5.